The molecule has 112 valence electrons. The second-order valence-electron chi connectivity index (χ2n) is 5.95. The average molecular weight is 279 g/mol. The topological polar surface area (TPSA) is 66.6 Å². The molecule has 0 aromatic carbocycles. The molecule has 2 aliphatic rings. The van der Waals surface area contributed by atoms with E-state index in [1.165, 1.54) is 0 Å². The summed E-state index contributed by atoms with van der Waals surface area (Å²) in [6, 6.07) is 0. The highest BCUT2D eigenvalue weighted by atomic mass is 16.2. The number of carbonyl (C=O) groups excluding carboxylic acids is 2. The Morgan fingerprint density at radius 3 is 2.60 bits per heavy atom. The second kappa shape index (κ2) is 6.88. The fourth-order valence-electron chi connectivity index (χ4n) is 3.10. The van der Waals surface area contributed by atoms with E-state index in [1.807, 2.05) is 9.80 Å². The van der Waals surface area contributed by atoms with Gasteiger partial charge in [0.2, 0.25) is 11.8 Å². The van der Waals surface area contributed by atoms with Crippen LogP contribution in [0.1, 0.15) is 26.2 Å². The summed E-state index contributed by atoms with van der Waals surface area (Å²) in [6.07, 6.45) is 7.07. The molecular formula is C15H25N3O2. The Morgan fingerprint density at radius 1 is 1.15 bits per heavy atom. The van der Waals surface area contributed by atoms with Crippen LogP contribution in [0.2, 0.25) is 0 Å². The summed E-state index contributed by atoms with van der Waals surface area (Å²) >= 11 is 0. The molecule has 1 fully saturated rings. The molecule has 2 atom stereocenters. The molecule has 0 aromatic heterocycles. The summed E-state index contributed by atoms with van der Waals surface area (Å²) in [4.78, 5) is 27.6. The Kier molecular flexibility index (Phi) is 5.17. The van der Waals surface area contributed by atoms with Gasteiger partial charge in [-0.3, -0.25) is 14.5 Å². The monoisotopic (exact) mass is 279 g/mol. The highest BCUT2D eigenvalue weighted by molar-refractivity contribution is 5.79. The number of allylic oxidation sites excluding steroid dienone is 2. The lowest BCUT2D eigenvalue weighted by Gasteiger charge is -2.30. The van der Waals surface area contributed by atoms with Gasteiger partial charge >= 0.3 is 0 Å². The largest absolute Gasteiger partial charge is 0.369 e. The van der Waals surface area contributed by atoms with Crippen LogP contribution >= 0.6 is 0 Å². The van der Waals surface area contributed by atoms with Gasteiger partial charge in [0, 0.05) is 32.1 Å². The van der Waals surface area contributed by atoms with Gasteiger partial charge in [0.15, 0.2) is 0 Å². The van der Waals surface area contributed by atoms with Crippen LogP contribution < -0.4 is 5.73 Å². The van der Waals surface area contributed by atoms with Crippen molar-refractivity contribution in [2.45, 2.75) is 26.2 Å². The van der Waals surface area contributed by atoms with Crippen LogP contribution in [0.15, 0.2) is 12.2 Å². The maximum atomic E-state index is 12.6. The van der Waals surface area contributed by atoms with Crippen molar-refractivity contribution in [1.29, 1.82) is 0 Å². The Morgan fingerprint density at radius 2 is 1.90 bits per heavy atom. The van der Waals surface area contributed by atoms with Crippen LogP contribution in [0.4, 0.5) is 0 Å². The lowest BCUT2D eigenvalue weighted by molar-refractivity contribution is -0.137. The van der Waals surface area contributed by atoms with E-state index >= 15 is 0 Å². The van der Waals surface area contributed by atoms with E-state index < -0.39 is 0 Å². The van der Waals surface area contributed by atoms with Crippen molar-refractivity contribution >= 4 is 11.8 Å². The second-order valence-corrected chi connectivity index (χ2v) is 5.95. The molecule has 0 bridgehead atoms. The van der Waals surface area contributed by atoms with E-state index in [0.717, 1.165) is 38.9 Å². The Hall–Kier alpha value is -1.36. The highest BCUT2D eigenvalue weighted by Crippen LogP contribution is 2.27. The number of hydrogen-bond acceptors (Lipinski definition) is 3. The fraction of sp³-hybridized carbons (Fsp3) is 0.733. The van der Waals surface area contributed by atoms with E-state index in [1.54, 1.807) is 0 Å². The average Bonchev–Trinajstić information content (AvgIpc) is 2.63. The maximum absolute atomic E-state index is 12.6. The number of rotatable bonds is 3. The van der Waals surface area contributed by atoms with Crippen LogP contribution in [-0.2, 0) is 9.59 Å². The summed E-state index contributed by atoms with van der Waals surface area (Å²) in [5, 5.41) is 0. The minimum atomic E-state index is -0.296. The van der Waals surface area contributed by atoms with E-state index in [9.17, 15) is 9.59 Å². The van der Waals surface area contributed by atoms with Crippen molar-refractivity contribution < 1.29 is 9.59 Å². The maximum Gasteiger partial charge on any atom is 0.231 e. The Bertz CT molecular complexity index is 395. The van der Waals surface area contributed by atoms with Gasteiger partial charge in [0.25, 0.3) is 0 Å². The van der Waals surface area contributed by atoms with Gasteiger partial charge in [-0.2, -0.15) is 0 Å². The van der Waals surface area contributed by atoms with E-state index in [2.05, 4.69) is 19.1 Å². The highest BCUT2D eigenvalue weighted by Gasteiger charge is 2.30. The Labute approximate surface area is 120 Å². The van der Waals surface area contributed by atoms with Gasteiger partial charge < -0.3 is 10.6 Å². The summed E-state index contributed by atoms with van der Waals surface area (Å²) < 4.78 is 0. The summed E-state index contributed by atoms with van der Waals surface area (Å²) in [5.74, 6) is 0.541. The normalized spacial score (nSPS) is 28.1. The summed E-state index contributed by atoms with van der Waals surface area (Å²) in [6.45, 7) is 5.53. The number of hydrogen-bond donors (Lipinski definition) is 1. The molecule has 2 rings (SSSR count). The first-order valence-corrected chi connectivity index (χ1v) is 7.52. The molecule has 1 aliphatic heterocycles. The third-order valence-corrected chi connectivity index (χ3v) is 4.35. The van der Waals surface area contributed by atoms with Crippen LogP contribution in [0.5, 0.6) is 0 Å². The van der Waals surface area contributed by atoms with Gasteiger partial charge in [-0.15, -0.1) is 0 Å². The first kappa shape index (κ1) is 15.0. The van der Waals surface area contributed by atoms with Crippen molar-refractivity contribution in [3.8, 4) is 0 Å². The van der Waals surface area contributed by atoms with Crippen LogP contribution in [0, 0.1) is 11.8 Å². The molecule has 5 nitrogen and oxygen atoms in total. The molecule has 0 spiro atoms. The third kappa shape index (κ3) is 3.82. The van der Waals surface area contributed by atoms with Crippen molar-refractivity contribution in [2.75, 3.05) is 32.7 Å². The lowest BCUT2D eigenvalue weighted by atomic mass is 9.83. The quantitative estimate of drug-likeness (QED) is 0.770. The molecule has 2 N–H and O–H groups in total. The van der Waals surface area contributed by atoms with Crippen LogP contribution in [-0.4, -0.2) is 54.3 Å². The van der Waals surface area contributed by atoms with E-state index in [4.69, 9.17) is 5.73 Å². The predicted octanol–water partition coefficient (Wildman–Crippen LogP) is 0.608. The van der Waals surface area contributed by atoms with Gasteiger partial charge in [-0.1, -0.05) is 19.1 Å². The summed E-state index contributed by atoms with van der Waals surface area (Å²) in [5.41, 5.74) is 5.24. The van der Waals surface area contributed by atoms with Crippen molar-refractivity contribution in [2.24, 2.45) is 17.6 Å². The van der Waals surface area contributed by atoms with Gasteiger partial charge in [0.05, 0.1) is 6.54 Å². The zero-order chi connectivity index (χ0) is 14.5. The first-order valence-electron chi connectivity index (χ1n) is 7.52. The van der Waals surface area contributed by atoms with Gasteiger partial charge in [-0.25, -0.2) is 0 Å². The predicted molar refractivity (Wildman–Crippen MR) is 77.9 cm³/mol. The lowest BCUT2D eigenvalue weighted by Crippen LogP contribution is -2.42. The van der Waals surface area contributed by atoms with Crippen molar-refractivity contribution in [1.82, 2.24) is 9.80 Å². The first-order chi connectivity index (χ1) is 9.58. The zero-order valence-electron chi connectivity index (χ0n) is 12.3. The number of carbonyl (C=O) groups is 2. The van der Waals surface area contributed by atoms with Crippen molar-refractivity contribution in [3.05, 3.63) is 12.2 Å². The molecule has 1 saturated heterocycles. The SMILES string of the molecule is C[C@@H]1CC=CC[C@H]1C(=O)N1CCCN(CC(N)=O)CC1. The molecule has 2 amide bonds. The van der Waals surface area contributed by atoms with Gasteiger partial charge in [0.1, 0.15) is 0 Å². The minimum Gasteiger partial charge on any atom is -0.369 e. The molecule has 1 heterocycles. The van der Waals surface area contributed by atoms with Crippen LogP contribution in [0.25, 0.3) is 0 Å². The molecule has 1 aliphatic carbocycles. The zero-order valence-corrected chi connectivity index (χ0v) is 12.3. The number of nitrogens with zero attached hydrogens (tertiary/aromatic N) is 2. The van der Waals surface area contributed by atoms with Gasteiger partial charge in [-0.05, 0) is 25.2 Å². The molecule has 0 aromatic rings. The van der Waals surface area contributed by atoms with Crippen LogP contribution in [0.3, 0.4) is 0 Å². The molecule has 0 unspecified atom stereocenters. The number of primary amides is 1. The standard InChI is InChI=1S/C15H25N3O2/c1-12-5-2-3-6-13(12)15(20)18-8-4-7-17(9-10-18)11-14(16)19/h2-3,12-13H,4-11H2,1H3,(H2,16,19)/t12-,13-/m1/s1. The molecule has 5 heteroatoms. The third-order valence-electron chi connectivity index (χ3n) is 4.35. The molecular weight excluding hydrogens is 254 g/mol. The Balaban J connectivity index is 1.91. The minimum absolute atomic E-state index is 0.127. The fourth-order valence-corrected chi connectivity index (χ4v) is 3.10. The molecule has 0 radical (unpaired) electrons. The van der Waals surface area contributed by atoms with Crippen molar-refractivity contribution in [3.63, 3.8) is 0 Å². The summed E-state index contributed by atoms with van der Waals surface area (Å²) in [7, 11) is 0. The smallest absolute Gasteiger partial charge is 0.231 e. The number of amides is 2. The molecule has 0 saturated carbocycles. The van der Waals surface area contributed by atoms with E-state index in [0.29, 0.717) is 19.0 Å². The van der Waals surface area contributed by atoms with E-state index in [-0.39, 0.29) is 17.7 Å². The number of nitrogens with two attached hydrogens (primary N) is 1. The molecule has 20 heavy (non-hydrogen) atoms.